The van der Waals surface area contributed by atoms with Crippen LogP contribution < -0.4 is 0 Å². The maximum Gasteiger partial charge on any atom is 0.227 e. The molecule has 0 atom stereocenters. The van der Waals surface area contributed by atoms with E-state index in [0.29, 0.717) is 18.6 Å². The van der Waals surface area contributed by atoms with Gasteiger partial charge in [0.1, 0.15) is 0 Å². The van der Waals surface area contributed by atoms with E-state index in [1.807, 2.05) is 18.3 Å². The number of hydrogen-bond acceptors (Lipinski definition) is 5. The Morgan fingerprint density at radius 1 is 1.32 bits per heavy atom. The average molecular weight is 353 g/mol. The van der Waals surface area contributed by atoms with Crippen LogP contribution in [-0.4, -0.2) is 46.5 Å². The van der Waals surface area contributed by atoms with Gasteiger partial charge >= 0.3 is 0 Å². The zero-order valence-electron chi connectivity index (χ0n) is 13.3. The predicted molar refractivity (Wildman–Crippen MR) is 95.0 cm³/mol. The van der Waals surface area contributed by atoms with Crippen molar-refractivity contribution >= 4 is 37.5 Å². The van der Waals surface area contributed by atoms with Crippen LogP contribution in [0.2, 0.25) is 0 Å². The number of nitrogens with zero attached hydrogens (tertiary/aromatic N) is 4. The second-order valence-electron chi connectivity index (χ2n) is 5.89. The normalized spacial score (nSPS) is 16.0. The second-order valence-corrected chi connectivity index (χ2v) is 7.86. The Morgan fingerprint density at radius 3 is 3.04 bits per heavy atom. The smallest absolute Gasteiger partial charge is 0.227 e. The van der Waals surface area contributed by atoms with Gasteiger partial charge in [0.25, 0.3) is 0 Å². The molecule has 1 aliphatic heterocycles. The summed E-state index contributed by atoms with van der Waals surface area (Å²) in [6.45, 7) is 0.667. The third-order valence-electron chi connectivity index (χ3n) is 4.39. The first-order valence-electron chi connectivity index (χ1n) is 7.85. The summed E-state index contributed by atoms with van der Waals surface area (Å²) in [6.07, 6.45) is 7.96. The highest BCUT2D eigenvalue weighted by molar-refractivity contribution is 7.89. The third-order valence-corrected chi connectivity index (χ3v) is 5.99. The summed E-state index contributed by atoms with van der Waals surface area (Å²) in [7, 11) is -3.56. The maximum absolute atomic E-state index is 12.2. The van der Waals surface area contributed by atoms with E-state index in [4.69, 9.17) is 5.26 Å². The minimum absolute atomic E-state index is 0.265. The molecule has 0 bridgehead atoms. The molecule has 0 fully saturated rings. The highest BCUT2D eigenvalue weighted by atomic mass is 32.2. The Balaban J connectivity index is 1.84. The number of rotatable bonds is 3. The number of fused-ring (bicyclic) bond motifs is 3. The molecule has 1 N–H and O–H groups in total. The van der Waals surface area contributed by atoms with Crippen molar-refractivity contribution in [1.82, 2.24) is 19.3 Å². The number of hydrogen-bond donors (Lipinski definition) is 1. The van der Waals surface area contributed by atoms with Gasteiger partial charge < -0.3 is 4.98 Å². The van der Waals surface area contributed by atoms with E-state index >= 15 is 0 Å². The Hall–Kier alpha value is -2.76. The fourth-order valence-corrected chi connectivity index (χ4v) is 4.31. The van der Waals surface area contributed by atoms with Crippen LogP contribution in [0.3, 0.4) is 0 Å². The largest absolute Gasteiger partial charge is 0.360 e. The summed E-state index contributed by atoms with van der Waals surface area (Å²) in [5, 5.41) is 10.7. The Kier molecular flexibility index (Phi) is 3.75. The lowest BCUT2D eigenvalue weighted by molar-refractivity contribution is 0.446. The standard InChI is InChI=1S/C17H15N5O2S/c18-5-9-25(23,24)22-8-1-2-12(11-22)13-3-6-19-15-10-21-17-14(16(13)15)4-7-20-17/h2-4,6-7,10,19H,1,8-9,11H2. The van der Waals surface area contributed by atoms with E-state index in [1.165, 1.54) is 4.31 Å². The van der Waals surface area contributed by atoms with Crippen LogP contribution in [0.5, 0.6) is 0 Å². The Bertz CT molecular complexity index is 1140. The van der Waals surface area contributed by atoms with Crippen molar-refractivity contribution in [2.45, 2.75) is 6.42 Å². The molecule has 1 aliphatic rings. The fourth-order valence-electron chi connectivity index (χ4n) is 3.25. The van der Waals surface area contributed by atoms with E-state index in [0.717, 1.165) is 27.4 Å². The zero-order valence-corrected chi connectivity index (χ0v) is 14.1. The van der Waals surface area contributed by atoms with Gasteiger partial charge in [-0.25, -0.2) is 18.4 Å². The van der Waals surface area contributed by atoms with Gasteiger partial charge in [-0.1, -0.05) is 6.08 Å². The van der Waals surface area contributed by atoms with Gasteiger partial charge in [-0.2, -0.15) is 9.57 Å². The van der Waals surface area contributed by atoms with Gasteiger partial charge in [-0.05, 0) is 29.7 Å². The van der Waals surface area contributed by atoms with E-state index in [-0.39, 0.29) is 6.54 Å². The molecule has 8 heteroatoms. The molecule has 4 rings (SSSR count). The van der Waals surface area contributed by atoms with Crippen LogP contribution in [0.1, 0.15) is 12.0 Å². The number of sulfonamides is 1. The number of pyridine rings is 2. The van der Waals surface area contributed by atoms with Gasteiger partial charge in [-0.15, -0.1) is 0 Å². The van der Waals surface area contributed by atoms with Crippen molar-refractivity contribution < 1.29 is 8.42 Å². The molecule has 0 aliphatic carbocycles. The molecule has 3 aromatic rings. The summed E-state index contributed by atoms with van der Waals surface area (Å²) in [5.41, 5.74) is 3.43. The molecule has 0 unspecified atom stereocenters. The van der Waals surface area contributed by atoms with E-state index in [2.05, 4.69) is 21.0 Å². The number of nitrogens with one attached hydrogen (secondary N) is 1. The van der Waals surface area contributed by atoms with Crippen molar-refractivity contribution in [2.75, 3.05) is 18.8 Å². The van der Waals surface area contributed by atoms with Crippen LogP contribution in [0.25, 0.3) is 27.5 Å². The molecule has 0 amide bonds. The summed E-state index contributed by atoms with van der Waals surface area (Å²) in [6, 6.07) is 5.60. The van der Waals surface area contributed by atoms with E-state index in [9.17, 15) is 8.42 Å². The molecule has 0 radical (unpaired) electrons. The summed E-state index contributed by atoms with van der Waals surface area (Å²) in [5.74, 6) is -0.496. The number of aromatic amines is 1. The molecule has 0 spiro atoms. The number of nitriles is 1. The van der Waals surface area contributed by atoms with Gasteiger partial charge in [0.2, 0.25) is 10.0 Å². The number of aromatic nitrogens is 3. The van der Waals surface area contributed by atoms with Gasteiger partial charge in [0.05, 0.1) is 17.8 Å². The molecule has 3 aromatic heterocycles. The lowest BCUT2D eigenvalue weighted by atomic mass is 9.98. The molecule has 0 saturated heterocycles. The molecule has 7 nitrogen and oxygen atoms in total. The summed E-state index contributed by atoms with van der Waals surface area (Å²) in [4.78, 5) is 11.8. The van der Waals surface area contributed by atoms with Crippen LogP contribution in [0.15, 0.2) is 36.8 Å². The average Bonchev–Trinajstić information content (AvgIpc) is 3.10. The molecule has 4 heterocycles. The van der Waals surface area contributed by atoms with E-state index in [1.54, 1.807) is 18.5 Å². The predicted octanol–water partition coefficient (Wildman–Crippen LogP) is 2.05. The molecule has 0 saturated carbocycles. The first kappa shape index (κ1) is 15.7. The highest BCUT2D eigenvalue weighted by Gasteiger charge is 2.26. The molecular formula is C17H15N5O2S. The summed E-state index contributed by atoms with van der Waals surface area (Å²) >= 11 is 0. The van der Waals surface area contributed by atoms with Crippen LogP contribution >= 0.6 is 0 Å². The minimum atomic E-state index is -3.56. The van der Waals surface area contributed by atoms with Gasteiger partial charge in [0, 0.05) is 36.3 Å². The highest BCUT2D eigenvalue weighted by Crippen LogP contribution is 2.31. The topological polar surface area (TPSA) is 103 Å². The quantitative estimate of drug-likeness (QED) is 0.776. The van der Waals surface area contributed by atoms with Crippen LogP contribution in [0.4, 0.5) is 0 Å². The minimum Gasteiger partial charge on any atom is -0.360 e. The third kappa shape index (κ3) is 2.67. The first-order valence-corrected chi connectivity index (χ1v) is 9.46. The SMILES string of the molecule is N#CCS(=O)(=O)N1CCC=C(c2cc[nH]c3cnc4nccc4c23)C1. The van der Waals surface area contributed by atoms with Crippen molar-refractivity contribution in [3.63, 3.8) is 0 Å². The zero-order chi connectivity index (χ0) is 17.4. The van der Waals surface area contributed by atoms with Gasteiger partial charge in [-0.3, -0.25) is 0 Å². The fraction of sp³-hybridized carbons (Fsp3) is 0.235. The Labute approximate surface area is 144 Å². The van der Waals surface area contributed by atoms with Crippen LogP contribution in [0, 0.1) is 11.3 Å². The molecule has 25 heavy (non-hydrogen) atoms. The molecule has 0 aromatic carbocycles. The number of H-pyrrole nitrogens is 1. The maximum atomic E-state index is 12.2. The van der Waals surface area contributed by atoms with Crippen molar-refractivity contribution in [3.05, 3.63) is 42.4 Å². The lowest BCUT2D eigenvalue weighted by Gasteiger charge is -2.26. The van der Waals surface area contributed by atoms with Crippen LogP contribution in [-0.2, 0) is 10.0 Å². The molecular weight excluding hydrogens is 338 g/mol. The second kappa shape index (κ2) is 5.95. The van der Waals surface area contributed by atoms with E-state index < -0.39 is 15.8 Å². The van der Waals surface area contributed by atoms with Crippen molar-refractivity contribution in [2.24, 2.45) is 0 Å². The van der Waals surface area contributed by atoms with Gasteiger partial charge in [0.15, 0.2) is 11.4 Å². The summed E-state index contributed by atoms with van der Waals surface area (Å²) < 4.78 is 25.9. The van der Waals surface area contributed by atoms with Crippen molar-refractivity contribution in [1.29, 1.82) is 5.26 Å². The lowest BCUT2D eigenvalue weighted by Crippen LogP contribution is -2.36. The Morgan fingerprint density at radius 2 is 2.20 bits per heavy atom. The monoisotopic (exact) mass is 353 g/mol. The van der Waals surface area contributed by atoms with Crippen molar-refractivity contribution in [3.8, 4) is 6.07 Å². The first-order chi connectivity index (χ1) is 12.1. The molecule has 126 valence electrons.